The first kappa shape index (κ1) is 8.72. The number of nitrogens with zero attached hydrogens (tertiary/aromatic N) is 3. The lowest BCUT2D eigenvalue weighted by Gasteiger charge is -1.90. The third-order valence-corrected chi connectivity index (χ3v) is 1.48. The van der Waals surface area contributed by atoms with Crippen molar-refractivity contribution < 1.29 is 8.42 Å². The van der Waals surface area contributed by atoms with Crippen molar-refractivity contribution in [3.63, 3.8) is 0 Å². The van der Waals surface area contributed by atoms with Crippen LogP contribution in [0.1, 0.15) is 5.56 Å². The van der Waals surface area contributed by atoms with Gasteiger partial charge in [0.25, 0.3) is 0 Å². The summed E-state index contributed by atoms with van der Waals surface area (Å²) in [6.07, 6.45) is 1.76. The molecule has 0 fully saturated rings. The molecule has 66 valence electrons. The van der Waals surface area contributed by atoms with Crippen molar-refractivity contribution in [3.8, 4) is 0 Å². The maximum atomic E-state index is 10.0. The maximum Gasteiger partial charge on any atom is 0.332 e. The zero-order valence-corrected chi connectivity index (χ0v) is 7.46. The van der Waals surface area contributed by atoms with Crippen LogP contribution < -0.4 is 5.43 Å². The molecule has 7 heteroatoms. The highest BCUT2D eigenvalue weighted by molar-refractivity contribution is 7.61. The van der Waals surface area contributed by atoms with E-state index in [0.29, 0.717) is 5.82 Å². The normalized spacial score (nSPS) is 9.50. The molecule has 0 atom stereocenters. The number of aromatic nitrogens is 2. The zero-order chi connectivity index (χ0) is 9.14. The van der Waals surface area contributed by atoms with E-state index in [2.05, 4.69) is 15.0 Å². The third-order valence-electron chi connectivity index (χ3n) is 1.24. The van der Waals surface area contributed by atoms with Crippen LogP contribution in [0.25, 0.3) is 0 Å². The SMILES string of the molecule is Cc1cn(C)nc1NN=S(=O)=O. The minimum absolute atomic E-state index is 0.446. The fourth-order valence-corrected chi connectivity index (χ4v) is 0.959. The van der Waals surface area contributed by atoms with Crippen LogP contribution in [-0.4, -0.2) is 18.2 Å². The molecule has 1 aromatic heterocycles. The Bertz CT molecular complexity index is 397. The van der Waals surface area contributed by atoms with Crippen LogP contribution in [0, 0.1) is 6.92 Å². The highest BCUT2D eigenvalue weighted by Gasteiger charge is 2.00. The highest BCUT2D eigenvalue weighted by Crippen LogP contribution is 2.09. The van der Waals surface area contributed by atoms with Crippen LogP contribution in [0.5, 0.6) is 0 Å². The van der Waals surface area contributed by atoms with Gasteiger partial charge in [0.15, 0.2) is 5.82 Å². The van der Waals surface area contributed by atoms with Gasteiger partial charge in [0.05, 0.1) is 0 Å². The van der Waals surface area contributed by atoms with Gasteiger partial charge in [0.2, 0.25) is 0 Å². The number of anilines is 1. The second-order valence-corrected chi connectivity index (χ2v) is 2.87. The lowest BCUT2D eigenvalue weighted by molar-refractivity contribution is 0.621. The number of hydrogen-bond donors (Lipinski definition) is 1. The summed E-state index contributed by atoms with van der Waals surface area (Å²) in [5.74, 6) is 0.446. The van der Waals surface area contributed by atoms with Crippen LogP contribution in [-0.2, 0) is 17.5 Å². The monoisotopic (exact) mass is 188 g/mol. The standard InChI is InChI=1S/C5H8N4O2S/c1-4-3-9(2)7-5(4)6-8-12(10)11/h3H,1-2H3,(H,6,7). The molecule has 0 aliphatic rings. The van der Waals surface area contributed by atoms with Crippen molar-refractivity contribution in [1.29, 1.82) is 0 Å². The van der Waals surface area contributed by atoms with E-state index in [4.69, 9.17) is 0 Å². The number of hydrogen-bond acceptors (Lipinski definition) is 4. The zero-order valence-electron chi connectivity index (χ0n) is 6.64. The summed E-state index contributed by atoms with van der Waals surface area (Å²) in [6, 6.07) is 0. The third kappa shape index (κ3) is 2.06. The molecule has 1 heterocycles. The van der Waals surface area contributed by atoms with Crippen LogP contribution in [0.15, 0.2) is 10.7 Å². The molecule has 0 saturated heterocycles. The first-order valence-corrected chi connectivity index (χ1v) is 4.19. The smallest absolute Gasteiger partial charge is 0.273 e. The molecule has 0 amide bonds. The summed E-state index contributed by atoms with van der Waals surface area (Å²) in [5, 5.41) is 3.92. The van der Waals surface area contributed by atoms with Gasteiger partial charge in [0.1, 0.15) is 0 Å². The average Bonchev–Trinajstić information content (AvgIpc) is 2.26. The van der Waals surface area contributed by atoms with E-state index in [1.165, 1.54) is 0 Å². The lowest BCUT2D eigenvalue weighted by Crippen LogP contribution is -1.92. The minimum atomic E-state index is -2.45. The lowest BCUT2D eigenvalue weighted by atomic mass is 10.4. The molecule has 0 spiro atoms. The van der Waals surface area contributed by atoms with Gasteiger partial charge in [0, 0.05) is 18.8 Å². The van der Waals surface area contributed by atoms with Crippen molar-refractivity contribution in [1.82, 2.24) is 9.78 Å². The van der Waals surface area contributed by atoms with E-state index in [1.54, 1.807) is 24.9 Å². The Balaban J connectivity index is 2.89. The van der Waals surface area contributed by atoms with E-state index in [1.807, 2.05) is 0 Å². The predicted octanol–water partition coefficient (Wildman–Crippen LogP) is 0.118. The first-order valence-electron chi connectivity index (χ1n) is 3.16. The first-order chi connectivity index (χ1) is 5.59. The van der Waals surface area contributed by atoms with Crippen molar-refractivity contribution in [2.24, 2.45) is 11.5 Å². The number of rotatable bonds is 2. The molecule has 6 nitrogen and oxygen atoms in total. The van der Waals surface area contributed by atoms with Crippen molar-refractivity contribution in [2.75, 3.05) is 5.43 Å². The molecule has 0 saturated carbocycles. The average molecular weight is 188 g/mol. The fourth-order valence-electron chi connectivity index (χ4n) is 0.798. The summed E-state index contributed by atoms with van der Waals surface area (Å²) in [7, 11) is -0.708. The molecular formula is C5H8N4O2S. The van der Waals surface area contributed by atoms with Crippen LogP contribution >= 0.6 is 0 Å². The molecular weight excluding hydrogens is 180 g/mol. The molecule has 0 aromatic carbocycles. The van der Waals surface area contributed by atoms with Crippen molar-refractivity contribution >= 4 is 16.3 Å². The molecule has 12 heavy (non-hydrogen) atoms. The van der Waals surface area contributed by atoms with Gasteiger partial charge in [-0.25, -0.2) is 5.43 Å². The Morgan fingerprint density at radius 2 is 2.33 bits per heavy atom. The van der Waals surface area contributed by atoms with Crippen molar-refractivity contribution in [2.45, 2.75) is 6.92 Å². The molecule has 0 aliphatic carbocycles. The van der Waals surface area contributed by atoms with Crippen molar-refractivity contribution in [3.05, 3.63) is 11.8 Å². The van der Waals surface area contributed by atoms with Gasteiger partial charge < -0.3 is 0 Å². The second-order valence-electron chi connectivity index (χ2n) is 2.25. The molecule has 0 unspecified atom stereocenters. The summed E-state index contributed by atoms with van der Waals surface area (Å²) in [5.41, 5.74) is 3.15. The molecule has 0 bridgehead atoms. The Morgan fingerprint density at radius 1 is 1.67 bits per heavy atom. The largest absolute Gasteiger partial charge is 0.332 e. The van der Waals surface area contributed by atoms with E-state index >= 15 is 0 Å². The number of aryl methyl sites for hydroxylation is 2. The topological polar surface area (TPSA) is 76.3 Å². The second kappa shape index (κ2) is 3.35. The molecule has 0 radical (unpaired) electrons. The molecule has 1 rings (SSSR count). The van der Waals surface area contributed by atoms with Crippen LogP contribution in [0.2, 0.25) is 0 Å². The number of nitrogens with one attached hydrogen (secondary N) is 1. The quantitative estimate of drug-likeness (QED) is 0.669. The minimum Gasteiger partial charge on any atom is -0.273 e. The highest BCUT2D eigenvalue weighted by atomic mass is 32.2. The summed E-state index contributed by atoms with van der Waals surface area (Å²) in [4.78, 5) is 0. The predicted molar refractivity (Wildman–Crippen MR) is 42.9 cm³/mol. The van der Waals surface area contributed by atoms with Crippen LogP contribution in [0.4, 0.5) is 5.82 Å². The van der Waals surface area contributed by atoms with E-state index in [0.717, 1.165) is 5.56 Å². The van der Waals surface area contributed by atoms with E-state index in [-0.39, 0.29) is 0 Å². The Labute approximate surface area is 70.9 Å². The van der Waals surface area contributed by atoms with Gasteiger partial charge in [-0.05, 0) is 6.92 Å². The fraction of sp³-hybridized carbons (Fsp3) is 0.400. The maximum absolute atomic E-state index is 10.0. The summed E-state index contributed by atoms with van der Waals surface area (Å²) < 4.78 is 24.7. The van der Waals surface area contributed by atoms with E-state index in [9.17, 15) is 8.42 Å². The Hall–Kier alpha value is -1.37. The Kier molecular flexibility index (Phi) is 2.44. The summed E-state index contributed by atoms with van der Waals surface area (Å²) in [6.45, 7) is 1.80. The van der Waals surface area contributed by atoms with Gasteiger partial charge in [-0.1, -0.05) is 4.47 Å². The van der Waals surface area contributed by atoms with Gasteiger partial charge >= 0.3 is 10.5 Å². The molecule has 1 N–H and O–H groups in total. The summed E-state index contributed by atoms with van der Waals surface area (Å²) >= 11 is 0. The van der Waals surface area contributed by atoms with Gasteiger partial charge in [-0.15, -0.1) is 0 Å². The Morgan fingerprint density at radius 3 is 2.75 bits per heavy atom. The van der Waals surface area contributed by atoms with Crippen LogP contribution in [0.3, 0.4) is 0 Å². The molecule has 1 aromatic rings. The van der Waals surface area contributed by atoms with Gasteiger partial charge in [-0.3, -0.25) is 4.68 Å². The van der Waals surface area contributed by atoms with Gasteiger partial charge in [-0.2, -0.15) is 13.5 Å². The van der Waals surface area contributed by atoms with E-state index < -0.39 is 10.5 Å². The molecule has 0 aliphatic heterocycles.